The molecule has 0 aromatic heterocycles. The molecule has 1 rings (SSSR count). The van der Waals surface area contributed by atoms with Crippen LogP contribution in [0.1, 0.15) is 34.6 Å². The molecule has 20 heavy (non-hydrogen) atoms. The van der Waals surface area contributed by atoms with E-state index in [1.807, 2.05) is 38.1 Å². The monoisotopic (exact) mass is 312 g/mol. The number of halogens is 1. The Balaban J connectivity index is 2.58. The number of nitrogens with one attached hydrogen (secondary N) is 1. The van der Waals surface area contributed by atoms with Crippen LogP contribution in [0.3, 0.4) is 0 Å². The first-order chi connectivity index (χ1) is 9.20. The standard InChI is InChI=1S/C15H21ClN2OS/c1-10(20-13-8-6-12(16)7-9-13)14(19)18-17-11(2)15(3,4)5/h6-10H,1-5H3,(H,18,19)/b17-11-/t10-/m1/s1. The highest BCUT2D eigenvalue weighted by molar-refractivity contribution is 8.00. The Hall–Kier alpha value is -1.00. The van der Waals surface area contributed by atoms with Crippen molar-refractivity contribution in [1.82, 2.24) is 5.43 Å². The Morgan fingerprint density at radius 2 is 1.85 bits per heavy atom. The van der Waals surface area contributed by atoms with E-state index in [1.54, 1.807) is 0 Å². The van der Waals surface area contributed by atoms with E-state index in [-0.39, 0.29) is 16.6 Å². The van der Waals surface area contributed by atoms with Crippen molar-refractivity contribution in [2.45, 2.75) is 44.8 Å². The minimum Gasteiger partial charge on any atom is -0.272 e. The molecule has 1 aromatic rings. The highest BCUT2D eigenvalue weighted by atomic mass is 35.5. The number of hydrogen-bond donors (Lipinski definition) is 1. The van der Waals surface area contributed by atoms with Crippen molar-refractivity contribution in [3.63, 3.8) is 0 Å². The molecule has 0 fully saturated rings. The number of rotatable bonds is 4. The van der Waals surface area contributed by atoms with Crippen LogP contribution in [0.15, 0.2) is 34.3 Å². The Kier molecular flexibility index (Phi) is 6.08. The molecule has 1 N–H and O–H groups in total. The summed E-state index contributed by atoms with van der Waals surface area (Å²) in [5.74, 6) is -0.103. The molecule has 110 valence electrons. The van der Waals surface area contributed by atoms with Crippen LogP contribution < -0.4 is 5.43 Å². The fourth-order valence-electron chi connectivity index (χ4n) is 1.17. The largest absolute Gasteiger partial charge is 0.272 e. The number of carbonyl (C=O) groups is 1. The lowest BCUT2D eigenvalue weighted by atomic mass is 9.91. The minimum atomic E-state index is -0.215. The van der Waals surface area contributed by atoms with E-state index in [4.69, 9.17) is 11.6 Å². The van der Waals surface area contributed by atoms with Gasteiger partial charge in [0.1, 0.15) is 0 Å². The van der Waals surface area contributed by atoms with Crippen LogP contribution in [0, 0.1) is 5.41 Å². The molecular weight excluding hydrogens is 292 g/mol. The lowest BCUT2D eigenvalue weighted by Crippen LogP contribution is -2.29. The molecule has 0 heterocycles. The molecule has 1 aromatic carbocycles. The number of thioether (sulfide) groups is 1. The third-order valence-electron chi connectivity index (χ3n) is 2.91. The number of benzene rings is 1. The second-order valence-corrected chi connectivity index (χ2v) is 7.49. The van der Waals surface area contributed by atoms with Crippen molar-refractivity contribution >= 4 is 35.0 Å². The average molecular weight is 313 g/mol. The topological polar surface area (TPSA) is 41.5 Å². The number of hydrazone groups is 1. The van der Waals surface area contributed by atoms with Crippen molar-refractivity contribution in [3.8, 4) is 0 Å². The maximum Gasteiger partial charge on any atom is 0.253 e. The van der Waals surface area contributed by atoms with E-state index in [2.05, 4.69) is 31.3 Å². The lowest BCUT2D eigenvalue weighted by molar-refractivity contribution is -0.120. The molecule has 0 spiro atoms. The fraction of sp³-hybridized carbons (Fsp3) is 0.467. The van der Waals surface area contributed by atoms with Crippen LogP contribution in [0.5, 0.6) is 0 Å². The molecule has 5 heteroatoms. The van der Waals surface area contributed by atoms with Crippen molar-refractivity contribution in [2.75, 3.05) is 0 Å². The van der Waals surface area contributed by atoms with Gasteiger partial charge in [0.15, 0.2) is 0 Å². The second kappa shape index (κ2) is 7.14. The summed E-state index contributed by atoms with van der Waals surface area (Å²) in [5, 5.41) is 4.63. The van der Waals surface area contributed by atoms with Crippen molar-refractivity contribution < 1.29 is 4.79 Å². The first kappa shape index (κ1) is 17.1. The summed E-state index contributed by atoms with van der Waals surface area (Å²) in [4.78, 5) is 13.0. The predicted molar refractivity (Wildman–Crippen MR) is 87.5 cm³/mol. The quantitative estimate of drug-likeness (QED) is 0.510. The zero-order valence-corrected chi connectivity index (χ0v) is 14.1. The van der Waals surface area contributed by atoms with Gasteiger partial charge < -0.3 is 0 Å². The summed E-state index contributed by atoms with van der Waals surface area (Å²) in [6.45, 7) is 9.95. The molecule has 3 nitrogen and oxygen atoms in total. The van der Waals surface area contributed by atoms with Gasteiger partial charge in [-0.3, -0.25) is 4.79 Å². The van der Waals surface area contributed by atoms with Crippen molar-refractivity contribution in [3.05, 3.63) is 29.3 Å². The highest BCUT2D eigenvalue weighted by Gasteiger charge is 2.17. The normalized spacial score (nSPS) is 14.0. The molecular formula is C15H21ClN2OS. The predicted octanol–water partition coefficient (Wildman–Crippen LogP) is 4.36. The first-order valence-electron chi connectivity index (χ1n) is 6.47. The summed E-state index contributed by atoms with van der Waals surface area (Å²) in [5.41, 5.74) is 3.48. The van der Waals surface area contributed by atoms with Gasteiger partial charge in [-0.1, -0.05) is 32.4 Å². The summed E-state index contributed by atoms with van der Waals surface area (Å²) >= 11 is 7.31. The van der Waals surface area contributed by atoms with Crippen LogP contribution in [0.2, 0.25) is 5.02 Å². The molecule has 0 unspecified atom stereocenters. The lowest BCUT2D eigenvalue weighted by Gasteiger charge is -2.18. The molecule has 0 bridgehead atoms. The number of amides is 1. The van der Waals surface area contributed by atoms with Crippen LogP contribution in [-0.2, 0) is 4.79 Å². The molecule has 0 aliphatic heterocycles. The zero-order chi connectivity index (χ0) is 15.3. The van der Waals surface area contributed by atoms with Gasteiger partial charge in [-0.2, -0.15) is 5.10 Å². The summed E-state index contributed by atoms with van der Waals surface area (Å²) in [7, 11) is 0. The smallest absolute Gasteiger partial charge is 0.253 e. The van der Waals surface area contributed by atoms with Gasteiger partial charge in [0, 0.05) is 21.0 Å². The molecule has 0 aliphatic carbocycles. The van der Waals surface area contributed by atoms with Gasteiger partial charge in [0.05, 0.1) is 5.25 Å². The highest BCUT2D eigenvalue weighted by Crippen LogP contribution is 2.24. The van der Waals surface area contributed by atoms with Crippen LogP contribution in [-0.4, -0.2) is 16.9 Å². The van der Waals surface area contributed by atoms with Crippen LogP contribution >= 0.6 is 23.4 Å². The SMILES string of the molecule is C/C(=N/NC(=O)[C@@H](C)Sc1ccc(Cl)cc1)C(C)(C)C. The van der Waals surface area contributed by atoms with Crippen molar-refractivity contribution in [1.29, 1.82) is 0 Å². The molecule has 0 aliphatic rings. The molecule has 0 saturated carbocycles. The van der Waals surface area contributed by atoms with E-state index in [1.165, 1.54) is 11.8 Å². The van der Waals surface area contributed by atoms with Gasteiger partial charge in [-0.25, -0.2) is 5.43 Å². The third-order valence-corrected chi connectivity index (χ3v) is 4.28. The Morgan fingerprint density at radius 3 is 2.35 bits per heavy atom. The second-order valence-electron chi connectivity index (χ2n) is 5.64. The Morgan fingerprint density at radius 1 is 1.30 bits per heavy atom. The van der Waals surface area contributed by atoms with Gasteiger partial charge in [-0.05, 0) is 38.1 Å². The number of nitrogens with zero attached hydrogens (tertiary/aromatic N) is 1. The van der Waals surface area contributed by atoms with Crippen LogP contribution in [0.4, 0.5) is 0 Å². The summed E-state index contributed by atoms with van der Waals surface area (Å²) in [6.07, 6.45) is 0. The van der Waals surface area contributed by atoms with E-state index in [0.717, 1.165) is 10.6 Å². The third kappa shape index (κ3) is 5.55. The van der Waals surface area contributed by atoms with E-state index < -0.39 is 0 Å². The maximum atomic E-state index is 12.0. The van der Waals surface area contributed by atoms with Gasteiger partial charge >= 0.3 is 0 Å². The van der Waals surface area contributed by atoms with E-state index >= 15 is 0 Å². The Labute approximate surface area is 130 Å². The zero-order valence-electron chi connectivity index (χ0n) is 12.5. The Bertz CT molecular complexity index is 492. The fourth-order valence-corrected chi connectivity index (χ4v) is 2.16. The van der Waals surface area contributed by atoms with Gasteiger partial charge in [0.2, 0.25) is 0 Å². The van der Waals surface area contributed by atoms with E-state index in [9.17, 15) is 4.79 Å². The molecule has 0 saturated heterocycles. The number of hydrogen-bond acceptors (Lipinski definition) is 3. The maximum absolute atomic E-state index is 12.0. The molecule has 1 atom stereocenters. The first-order valence-corrected chi connectivity index (χ1v) is 7.73. The summed E-state index contributed by atoms with van der Waals surface area (Å²) < 4.78 is 0. The molecule has 1 amide bonds. The minimum absolute atomic E-state index is 0.0418. The van der Waals surface area contributed by atoms with E-state index in [0.29, 0.717) is 5.02 Å². The number of carbonyl (C=O) groups excluding carboxylic acids is 1. The average Bonchev–Trinajstić information content (AvgIpc) is 2.36. The molecule has 0 radical (unpaired) electrons. The van der Waals surface area contributed by atoms with Crippen LogP contribution in [0.25, 0.3) is 0 Å². The van der Waals surface area contributed by atoms with Crippen molar-refractivity contribution in [2.24, 2.45) is 10.5 Å². The summed E-state index contributed by atoms with van der Waals surface area (Å²) in [6, 6.07) is 7.44. The van der Waals surface area contributed by atoms with Gasteiger partial charge in [-0.15, -0.1) is 11.8 Å². The van der Waals surface area contributed by atoms with Gasteiger partial charge in [0.25, 0.3) is 5.91 Å².